The Morgan fingerprint density at radius 1 is 0.222 bits per heavy atom. The van der Waals surface area contributed by atoms with Crippen molar-refractivity contribution in [2.75, 3.05) is 0 Å². The van der Waals surface area contributed by atoms with Crippen molar-refractivity contribution in [1.82, 2.24) is 24.9 Å². The molecule has 54 heavy (non-hydrogen) atoms. The molecule has 0 atom stereocenters. The maximum atomic E-state index is 5.26. The van der Waals surface area contributed by atoms with E-state index in [4.69, 9.17) is 19.9 Å². The molecule has 4 heterocycles. The molecule has 0 saturated heterocycles. The maximum absolute atomic E-state index is 5.26. The largest absolute Gasteiger partial charge is 0.255 e. The Labute approximate surface area is 314 Å². The summed E-state index contributed by atoms with van der Waals surface area (Å²) < 4.78 is 0. The SMILES string of the molecule is c1ccc(-c2cc(-c3ccccc3)cc(-c3nc(-c4ccccc4)cc(-c4ccnc(-c5cc(-c6ccccc6)cc(-c6ccccn6)n5)c4)n3)c2)cc1. The molecule has 0 radical (unpaired) electrons. The highest BCUT2D eigenvalue weighted by molar-refractivity contribution is 5.82. The van der Waals surface area contributed by atoms with E-state index < -0.39 is 0 Å². The Kier molecular flexibility index (Phi) is 8.86. The van der Waals surface area contributed by atoms with Gasteiger partial charge in [0.05, 0.1) is 34.2 Å². The minimum Gasteiger partial charge on any atom is -0.255 e. The molecule has 0 aliphatic rings. The van der Waals surface area contributed by atoms with Crippen molar-refractivity contribution in [1.29, 1.82) is 0 Å². The number of aromatic nitrogens is 5. The molecule has 4 aromatic heterocycles. The molecule has 254 valence electrons. The predicted molar refractivity (Wildman–Crippen MR) is 219 cm³/mol. The van der Waals surface area contributed by atoms with Gasteiger partial charge in [0.15, 0.2) is 5.82 Å². The van der Waals surface area contributed by atoms with Crippen LogP contribution in [0.1, 0.15) is 0 Å². The number of nitrogens with zero attached hydrogens (tertiary/aromatic N) is 5. The Morgan fingerprint density at radius 3 is 1.22 bits per heavy atom. The third kappa shape index (κ3) is 6.94. The first-order valence-electron chi connectivity index (χ1n) is 17.9. The summed E-state index contributed by atoms with van der Waals surface area (Å²) >= 11 is 0. The molecule has 5 aromatic carbocycles. The molecule has 0 aliphatic heterocycles. The molecule has 0 aliphatic carbocycles. The first kappa shape index (κ1) is 32.5. The van der Waals surface area contributed by atoms with Crippen LogP contribution in [0.25, 0.3) is 90.1 Å². The van der Waals surface area contributed by atoms with E-state index in [1.54, 1.807) is 6.20 Å². The molecule has 5 nitrogen and oxygen atoms in total. The number of rotatable bonds is 8. The monoisotopic (exact) mass is 691 g/mol. The van der Waals surface area contributed by atoms with Crippen LogP contribution in [0.2, 0.25) is 0 Å². The van der Waals surface area contributed by atoms with E-state index in [-0.39, 0.29) is 0 Å². The fourth-order valence-corrected chi connectivity index (χ4v) is 6.67. The van der Waals surface area contributed by atoms with Gasteiger partial charge in [0.2, 0.25) is 0 Å². The minimum absolute atomic E-state index is 0.640. The fourth-order valence-electron chi connectivity index (χ4n) is 6.67. The average Bonchev–Trinajstić information content (AvgIpc) is 3.27. The second-order valence-electron chi connectivity index (χ2n) is 13.0. The Morgan fingerprint density at radius 2 is 0.667 bits per heavy atom. The Balaban J connectivity index is 1.20. The van der Waals surface area contributed by atoms with Crippen LogP contribution >= 0.6 is 0 Å². The number of benzene rings is 5. The van der Waals surface area contributed by atoms with Crippen LogP contribution in [0.3, 0.4) is 0 Å². The van der Waals surface area contributed by atoms with Gasteiger partial charge in [-0.3, -0.25) is 9.97 Å². The smallest absolute Gasteiger partial charge is 0.160 e. The van der Waals surface area contributed by atoms with E-state index in [2.05, 4.69) is 120 Å². The van der Waals surface area contributed by atoms with Crippen LogP contribution in [-0.4, -0.2) is 24.9 Å². The van der Waals surface area contributed by atoms with E-state index in [9.17, 15) is 0 Å². The molecule has 0 unspecified atom stereocenters. The van der Waals surface area contributed by atoms with Gasteiger partial charge in [0.1, 0.15) is 0 Å². The van der Waals surface area contributed by atoms with E-state index in [1.165, 1.54) is 0 Å². The van der Waals surface area contributed by atoms with Crippen LogP contribution in [0.5, 0.6) is 0 Å². The normalized spacial score (nSPS) is 11.0. The zero-order chi connectivity index (χ0) is 36.1. The molecular formula is C49H33N5. The topological polar surface area (TPSA) is 64.5 Å². The molecule has 0 N–H and O–H groups in total. The quantitative estimate of drug-likeness (QED) is 0.159. The number of hydrogen-bond donors (Lipinski definition) is 0. The lowest BCUT2D eigenvalue weighted by Gasteiger charge is -2.13. The van der Waals surface area contributed by atoms with Gasteiger partial charge in [-0.1, -0.05) is 127 Å². The lowest BCUT2D eigenvalue weighted by atomic mass is 9.95. The molecule has 0 fully saturated rings. The number of pyridine rings is 3. The maximum Gasteiger partial charge on any atom is 0.160 e. The van der Waals surface area contributed by atoms with Gasteiger partial charge in [-0.25, -0.2) is 15.0 Å². The summed E-state index contributed by atoms with van der Waals surface area (Å²) in [6.45, 7) is 0. The molecule has 5 heteroatoms. The standard InChI is InChI=1S/C49H33N5/c1-5-15-34(16-6-1)39-27-40(35-17-7-2-8-18-35)29-42(28-39)49-53-44(37-21-11-4-12-22-37)33-45(54-49)38-24-26-51-46(30-38)48-32-41(36-19-9-3-10-20-36)31-47(52-48)43-23-13-14-25-50-43/h1-33H. The first-order valence-corrected chi connectivity index (χ1v) is 17.9. The van der Waals surface area contributed by atoms with Crippen molar-refractivity contribution >= 4 is 0 Å². The van der Waals surface area contributed by atoms with Gasteiger partial charge in [-0.15, -0.1) is 0 Å². The van der Waals surface area contributed by atoms with Gasteiger partial charge < -0.3 is 0 Å². The van der Waals surface area contributed by atoms with Crippen LogP contribution in [-0.2, 0) is 0 Å². The first-order chi connectivity index (χ1) is 26.7. The van der Waals surface area contributed by atoms with Crippen molar-refractivity contribution in [3.05, 3.63) is 200 Å². The Hall–Kier alpha value is -7.37. The third-order valence-electron chi connectivity index (χ3n) is 9.38. The van der Waals surface area contributed by atoms with Gasteiger partial charge >= 0.3 is 0 Å². The lowest BCUT2D eigenvalue weighted by molar-refractivity contribution is 1.18. The highest BCUT2D eigenvalue weighted by Crippen LogP contribution is 2.35. The Bertz CT molecular complexity index is 2570. The summed E-state index contributed by atoms with van der Waals surface area (Å²) in [6, 6.07) is 64.3. The van der Waals surface area contributed by atoms with Crippen LogP contribution in [0.15, 0.2) is 200 Å². The molecule has 0 amide bonds. The van der Waals surface area contributed by atoms with E-state index in [1.807, 2.05) is 79.0 Å². The summed E-state index contributed by atoms with van der Waals surface area (Å²) in [7, 11) is 0. The third-order valence-corrected chi connectivity index (χ3v) is 9.38. The minimum atomic E-state index is 0.640. The summed E-state index contributed by atoms with van der Waals surface area (Å²) in [5, 5.41) is 0. The fraction of sp³-hybridized carbons (Fsp3) is 0. The lowest BCUT2D eigenvalue weighted by Crippen LogP contribution is -1.98. The van der Waals surface area contributed by atoms with Crippen molar-refractivity contribution in [2.24, 2.45) is 0 Å². The second-order valence-corrected chi connectivity index (χ2v) is 13.0. The van der Waals surface area contributed by atoms with E-state index in [0.29, 0.717) is 5.82 Å². The van der Waals surface area contributed by atoms with Gasteiger partial charge in [-0.05, 0) is 94.0 Å². The van der Waals surface area contributed by atoms with Crippen LogP contribution in [0.4, 0.5) is 0 Å². The van der Waals surface area contributed by atoms with E-state index >= 15 is 0 Å². The van der Waals surface area contributed by atoms with Crippen molar-refractivity contribution in [3.63, 3.8) is 0 Å². The highest BCUT2D eigenvalue weighted by Gasteiger charge is 2.16. The van der Waals surface area contributed by atoms with Crippen molar-refractivity contribution in [3.8, 4) is 90.1 Å². The molecule has 0 bridgehead atoms. The van der Waals surface area contributed by atoms with Gasteiger partial charge in [0, 0.05) is 29.1 Å². The van der Waals surface area contributed by atoms with Crippen molar-refractivity contribution < 1.29 is 0 Å². The average molecular weight is 692 g/mol. The van der Waals surface area contributed by atoms with Crippen LogP contribution < -0.4 is 0 Å². The summed E-state index contributed by atoms with van der Waals surface area (Å²) in [6.07, 6.45) is 3.62. The molecule has 0 saturated carbocycles. The van der Waals surface area contributed by atoms with Crippen LogP contribution in [0, 0.1) is 0 Å². The zero-order valence-electron chi connectivity index (χ0n) is 29.3. The van der Waals surface area contributed by atoms with Crippen molar-refractivity contribution in [2.45, 2.75) is 0 Å². The molecule has 0 spiro atoms. The predicted octanol–water partition coefficient (Wildman–Crippen LogP) is 12.0. The van der Waals surface area contributed by atoms with Gasteiger partial charge in [0.25, 0.3) is 0 Å². The highest BCUT2D eigenvalue weighted by atomic mass is 14.9. The van der Waals surface area contributed by atoms with E-state index in [0.717, 1.165) is 84.2 Å². The second kappa shape index (κ2) is 14.7. The molecular weight excluding hydrogens is 659 g/mol. The summed E-state index contributed by atoms with van der Waals surface area (Å²) in [5.41, 5.74) is 14.1. The molecule has 9 aromatic rings. The molecule has 9 rings (SSSR count). The van der Waals surface area contributed by atoms with Gasteiger partial charge in [-0.2, -0.15) is 0 Å². The summed E-state index contributed by atoms with van der Waals surface area (Å²) in [4.78, 5) is 25.0. The number of hydrogen-bond acceptors (Lipinski definition) is 5. The zero-order valence-corrected chi connectivity index (χ0v) is 29.3. The summed E-state index contributed by atoms with van der Waals surface area (Å²) in [5.74, 6) is 0.640.